The molecule has 1 N–H and O–H groups in total. The van der Waals surface area contributed by atoms with Crippen molar-refractivity contribution in [3.05, 3.63) is 65.0 Å². The number of alkyl halides is 6. The van der Waals surface area contributed by atoms with E-state index in [1.807, 2.05) is 5.32 Å². The fraction of sp³-hybridized carbons (Fsp3) is 0.407. The van der Waals surface area contributed by atoms with Crippen molar-refractivity contribution in [1.82, 2.24) is 5.32 Å². The monoisotopic (exact) mass is 561 g/mol. The first kappa shape index (κ1) is 30.0. The number of ether oxygens (including phenoxy) is 2. The largest absolute Gasteiger partial charge is 0.497 e. The summed E-state index contributed by atoms with van der Waals surface area (Å²) in [6, 6.07) is 8.37. The van der Waals surface area contributed by atoms with Crippen molar-refractivity contribution >= 4 is 17.3 Å². The molecule has 5 nitrogen and oxygen atoms in total. The van der Waals surface area contributed by atoms with Crippen molar-refractivity contribution < 1.29 is 49.8 Å². The van der Waals surface area contributed by atoms with Crippen LogP contribution < -0.4 is 14.8 Å². The van der Waals surface area contributed by atoms with Crippen molar-refractivity contribution in [1.29, 1.82) is 0 Å². The minimum Gasteiger partial charge on any atom is -0.497 e. The van der Waals surface area contributed by atoms with Crippen LogP contribution in [0.15, 0.2) is 48.0 Å². The van der Waals surface area contributed by atoms with Crippen molar-refractivity contribution in [3.63, 3.8) is 0 Å². The number of halogens is 7. The molecule has 0 unspecified atom stereocenters. The standard InChI is InChI=1S/C27H26F7NO4/c1-16(36)23-20(17-6-8-18(38-2)9-7-17)15-25(27(32,33)34,35-24(23)37)21-11-10-19(14-22(21)28)39-13-5-3-4-12-26(29,30)31/h6-11,14H,3-5,12-13,15H2,1-2H3,(H,35,37)/t25-/m0/s1. The van der Waals surface area contributed by atoms with Gasteiger partial charge in [0.25, 0.3) is 5.91 Å². The lowest BCUT2D eigenvalue weighted by atomic mass is 9.75. The maximum atomic E-state index is 15.2. The minimum atomic E-state index is -5.18. The van der Waals surface area contributed by atoms with E-state index in [2.05, 4.69) is 0 Å². The highest BCUT2D eigenvalue weighted by molar-refractivity contribution is 6.24. The Balaban J connectivity index is 1.92. The van der Waals surface area contributed by atoms with Gasteiger partial charge in [-0.15, -0.1) is 0 Å². The number of hydrogen-bond donors (Lipinski definition) is 1. The molecular weight excluding hydrogens is 535 g/mol. The molecule has 212 valence electrons. The van der Waals surface area contributed by atoms with Gasteiger partial charge in [0.2, 0.25) is 0 Å². The van der Waals surface area contributed by atoms with Gasteiger partial charge < -0.3 is 14.8 Å². The van der Waals surface area contributed by atoms with E-state index < -0.39 is 59.4 Å². The van der Waals surface area contributed by atoms with E-state index in [1.165, 1.54) is 31.4 Å². The van der Waals surface area contributed by atoms with E-state index in [4.69, 9.17) is 9.47 Å². The molecule has 3 rings (SSSR count). The number of methoxy groups -OCH3 is 1. The maximum absolute atomic E-state index is 15.2. The minimum absolute atomic E-state index is 0.0654. The van der Waals surface area contributed by atoms with Crippen LogP contribution in [0, 0.1) is 5.82 Å². The lowest BCUT2D eigenvalue weighted by molar-refractivity contribution is -0.202. The van der Waals surface area contributed by atoms with Gasteiger partial charge in [0.05, 0.1) is 19.3 Å². The summed E-state index contributed by atoms with van der Waals surface area (Å²) in [5.74, 6) is -3.10. The molecule has 2 aromatic rings. The zero-order valence-electron chi connectivity index (χ0n) is 21.1. The van der Waals surface area contributed by atoms with Crippen molar-refractivity contribution in [2.45, 2.75) is 56.9 Å². The highest BCUT2D eigenvalue weighted by Crippen LogP contribution is 2.49. The molecule has 0 bridgehead atoms. The first-order chi connectivity index (χ1) is 18.2. The Labute approximate surface area is 220 Å². The molecule has 12 heteroatoms. The number of carbonyl (C=O) groups excluding carboxylic acids is 2. The van der Waals surface area contributed by atoms with Crippen LogP contribution in [0.1, 0.15) is 50.2 Å². The Morgan fingerprint density at radius 2 is 1.62 bits per heavy atom. The Kier molecular flexibility index (Phi) is 8.97. The zero-order valence-corrected chi connectivity index (χ0v) is 21.1. The number of rotatable bonds is 10. The summed E-state index contributed by atoms with van der Waals surface area (Å²) in [5, 5.41) is 1.84. The first-order valence-corrected chi connectivity index (χ1v) is 12.0. The number of benzene rings is 2. The topological polar surface area (TPSA) is 64.6 Å². The number of unbranched alkanes of at least 4 members (excludes halogenated alkanes) is 2. The quantitative estimate of drug-likeness (QED) is 0.200. The Morgan fingerprint density at radius 1 is 0.974 bits per heavy atom. The van der Waals surface area contributed by atoms with Crippen LogP contribution in [-0.2, 0) is 15.1 Å². The van der Waals surface area contributed by atoms with Gasteiger partial charge in [-0.1, -0.05) is 12.1 Å². The Hall–Kier alpha value is -3.57. The fourth-order valence-electron chi connectivity index (χ4n) is 4.41. The van der Waals surface area contributed by atoms with Crippen LogP contribution in [0.2, 0.25) is 0 Å². The zero-order chi connectivity index (χ0) is 29.0. The van der Waals surface area contributed by atoms with Crippen LogP contribution >= 0.6 is 0 Å². The lowest BCUT2D eigenvalue weighted by Crippen LogP contribution is -2.59. The van der Waals surface area contributed by atoms with Gasteiger partial charge in [0, 0.05) is 24.5 Å². The average Bonchev–Trinajstić information content (AvgIpc) is 2.84. The maximum Gasteiger partial charge on any atom is 0.416 e. The predicted octanol–water partition coefficient (Wildman–Crippen LogP) is 6.66. The molecule has 1 amide bonds. The van der Waals surface area contributed by atoms with Gasteiger partial charge >= 0.3 is 12.4 Å². The highest BCUT2D eigenvalue weighted by atomic mass is 19.4. The molecule has 1 aliphatic heterocycles. The van der Waals surface area contributed by atoms with E-state index in [-0.39, 0.29) is 42.8 Å². The molecule has 0 fully saturated rings. The summed E-state index contributed by atoms with van der Waals surface area (Å²) in [7, 11) is 1.39. The molecule has 39 heavy (non-hydrogen) atoms. The number of nitrogens with one attached hydrogen (secondary N) is 1. The number of Topliss-reactive ketones (excluding diaryl/α,β-unsaturated/α-hetero) is 1. The summed E-state index contributed by atoms with van der Waals surface area (Å²) in [5.41, 5.74) is -4.58. The van der Waals surface area contributed by atoms with E-state index in [0.717, 1.165) is 25.1 Å². The summed E-state index contributed by atoms with van der Waals surface area (Å²) in [4.78, 5) is 25.2. The second-order valence-electron chi connectivity index (χ2n) is 9.09. The van der Waals surface area contributed by atoms with Gasteiger partial charge in [-0.2, -0.15) is 26.3 Å². The van der Waals surface area contributed by atoms with E-state index in [0.29, 0.717) is 5.75 Å². The lowest BCUT2D eigenvalue weighted by Gasteiger charge is -2.41. The molecule has 0 saturated heterocycles. The Morgan fingerprint density at radius 3 is 2.15 bits per heavy atom. The number of hydrogen-bond acceptors (Lipinski definition) is 4. The molecule has 0 saturated carbocycles. The number of amides is 1. The summed E-state index contributed by atoms with van der Waals surface area (Å²) in [6.45, 7) is 0.985. The fourth-order valence-corrected chi connectivity index (χ4v) is 4.41. The molecule has 0 spiro atoms. The molecule has 0 aliphatic carbocycles. The highest BCUT2D eigenvalue weighted by Gasteiger charge is 2.60. The normalized spacial score (nSPS) is 18.1. The molecule has 1 aliphatic rings. The van der Waals surface area contributed by atoms with Gasteiger partial charge in [0.1, 0.15) is 17.3 Å². The van der Waals surface area contributed by atoms with E-state index in [9.17, 15) is 35.9 Å². The third kappa shape index (κ3) is 6.90. The molecule has 1 heterocycles. The van der Waals surface area contributed by atoms with E-state index >= 15 is 4.39 Å². The molecule has 1 atom stereocenters. The SMILES string of the molecule is COc1ccc(C2=C(C(C)=O)C(=O)N[C@@](c3ccc(OCCCCCC(F)(F)F)cc3F)(C(F)(F)F)C2)cc1. The van der Waals surface area contributed by atoms with Gasteiger partial charge in [-0.3, -0.25) is 9.59 Å². The second-order valence-corrected chi connectivity index (χ2v) is 9.09. The molecular formula is C27H26F7NO4. The van der Waals surface area contributed by atoms with Gasteiger partial charge in [-0.25, -0.2) is 4.39 Å². The summed E-state index contributed by atoms with van der Waals surface area (Å²) < 4.78 is 106. The predicted molar refractivity (Wildman–Crippen MR) is 128 cm³/mol. The average molecular weight is 561 g/mol. The van der Waals surface area contributed by atoms with Crippen LogP contribution in [0.5, 0.6) is 11.5 Å². The van der Waals surface area contributed by atoms with Crippen LogP contribution in [0.25, 0.3) is 5.57 Å². The second kappa shape index (κ2) is 11.7. The van der Waals surface area contributed by atoms with E-state index in [1.54, 1.807) is 0 Å². The molecule has 0 radical (unpaired) electrons. The van der Waals surface area contributed by atoms with Crippen molar-refractivity contribution in [2.75, 3.05) is 13.7 Å². The number of carbonyl (C=O) groups is 2. The molecule has 2 aromatic carbocycles. The smallest absolute Gasteiger partial charge is 0.416 e. The van der Waals surface area contributed by atoms with Crippen LogP contribution in [0.3, 0.4) is 0 Å². The van der Waals surface area contributed by atoms with Crippen LogP contribution in [-0.4, -0.2) is 37.8 Å². The molecule has 0 aromatic heterocycles. The first-order valence-electron chi connectivity index (χ1n) is 12.0. The van der Waals surface area contributed by atoms with Crippen molar-refractivity contribution in [3.8, 4) is 11.5 Å². The van der Waals surface area contributed by atoms with Gasteiger partial charge in [-0.05, 0) is 61.6 Å². The number of ketones is 1. The third-order valence-electron chi connectivity index (χ3n) is 6.35. The summed E-state index contributed by atoms with van der Waals surface area (Å²) in [6.07, 6.45) is -11.0. The Bertz CT molecular complexity index is 1240. The van der Waals surface area contributed by atoms with Crippen molar-refractivity contribution in [2.24, 2.45) is 0 Å². The van der Waals surface area contributed by atoms with Crippen LogP contribution in [0.4, 0.5) is 30.7 Å². The summed E-state index contributed by atoms with van der Waals surface area (Å²) >= 11 is 0. The third-order valence-corrected chi connectivity index (χ3v) is 6.35. The van der Waals surface area contributed by atoms with Gasteiger partial charge in [0.15, 0.2) is 11.3 Å².